The zero-order valence-electron chi connectivity index (χ0n) is 10.6. The lowest BCUT2D eigenvalue weighted by atomic mass is 9.71. The van der Waals surface area contributed by atoms with E-state index < -0.39 is 0 Å². The summed E-state index contributed by atoms with van der Waals surface area (Å²) in [6.45, 7) is 3.32. The van der Waals surface area contributed by atoms with Gasteiger partial charge in [0.15, 0.2) is 0 Å². The second-order valence-corrected chi connectivity index (χ2v) is 6.21. The lowest BCUT2D eigenvalue weighted by molar-refractivity contribution is -0.139. The molecule has 0 bridgehead atoms. The molecular formula is C14H25NO. The molecule has 1 heterocycles. The van der Waals surface area contributed by atoms with Gasteiger partial charge in [0.2, 0.25) is 0 Å². The maximum Gasteiger partial charge on any atom is 0.0697 e. The highest BCUT2D eigenvalue weighted by Crippen LogP contribution is 2.44. The van der Waals surface area contributed by atoms with Crippen molar-refractivity contribution in [2.45, 2.75) is 81.9 Å². The van der Waals surface area contributed by atoms with E-state index in [9.17, 15) is 0 Å². The van der Waals surface area contributed by atoms with Crippen molar-refractivity contribution in [3.05, 3.63) is 0 Å². The van der Waals surface area contributed by atoms with E-state index in [1.54, 1.807) is 0 Å². The Balaban J connectivity index is 1.58. The average molecular weight is 223 g/mol. The summed E-state index contributed by atoms with van der Waals surface area (Å²) in [5, 5.41) is 3.96. The van der Waals surface area contributed by atoms with Crippen molar-refractivity contribution in [1.29, 1.82) is 0 Å². The van der Waals surface area contributed by atoms with Gasteiger partial charge in [-0.15, -0.1) is 0 Å². The predicted molar refractivity (Wildman–Crippen MR) is 65.6 cm³/mol. The first-order valence-corrected chi connectivity index (χ1v) is 7.18. The van der Waals surface area contributed by atoms with Gasteiger partial charge in [-0.3, -0.25) is 0 Å². The number of hydrogen-bond acceptors (Lipinski definition) is 2. The number of rotatable bonds is 3. The van der Waals surface area contributed by atoms with E-state index in [0.29, 0.717) is 11.1 Å². The molecule has 2 nitrogen and oxygen atoms in total. The van der Waals surface area contributed by atoms with Gasteiger partial charge in [0.25, 0.3) is 0 Å². The van der Waals surface area contributed by atoms with Crippen molar-refractivity contribution in [2.24, 2.45) is 0 Å². The normalized spacial score (nSPS) is 35.4. The Bertz CT molecular complexity index is 250. The van der Waals surface area contributed by atoms with Gasteiger partial charge in [-0.2, -0.15) is 0 Å². The minimum absolute atomic E-state index is 0.300. The van der Waals surface area contributed by atoms with Gasteiger partial charge in [-0.05, 0) is 57.8 Å². The summed E-state index contributed by atoms with van der Waals surface area (Å²) in [4.78, 5) is 0. The molecule has 1 spiro atoms. The van der Waals surface area contributed by atoms with Gasteiger partial charge < -0.3 is 10.1 Å². The van der Waals surface area contributed by atoms with E-state index in [-0.39, 0.29) is 0 Å². The SMILES string of the molecule is CCC1(NC2CCOC3(CCC3)C2)CCC1. The van der Waals surface area contributed by atoms with Crippen LogP contribution < -0.4 is 5.32 Å². The smallest absolute Gasteiger partial charge is 0.0697 e. The van der Waals surface area contributed by atoms with Crippen molar-refractivity contribution in [3.63, 3.8) is 0 Å². The third kappa shape index (κ3) is 1.80. The summed E-state index contributed by atoms with van der Waals surface area (Å²) < 4.78 is 5.99. The van der Waals surface area contributed by atoms with Gasteiger partial charge in [-0.1, -0.05) is 6.92 Å². The van der Waals surface area contributed by atoms with Crippen molar-refractivity contribution < 1.29 is 4.74 Å². The second kappa shape index (κ2) is 3.99. The highest BCUT2D eigenvalue weighted by Gasteiger charge is 2.45. The Hall–Kier alpha value is -0.0800. The first kappa shape index (κ1) is 11.0. The summed E-state index contributed by atoms with van der Waals surface area (Å²) in [5.41, 5.74) is 0.807. The topological polar surface area (TPSA) is 21.3 Å². The lowest BCUT2D eigenvalue weighted by Crippen LogP contribution is -2.59. The molecule has 0 aromatic carbocycles. The molecule has 2 aliphatic carbocycles. The molecule has 0 aromatic rings. The quantitative estimate of drug-likeness (QED) is 0.794. The monoisotopic (exact) mass is 223 g/mol. The molecule has 16 heavy (non-hydrogen) atoms. The molecule has 1 atom stereocenters. The number of hydrogen-bond donors (Lipinski definition) is 1. The van der Waals surface area contributed by atoms with E-state index in [0.717, 1.165) is 12.6 Å². The van der Waals surface area contributed by atoms with Crippen LogP contribution in [0.5, 0.6) is 0 Å². The largest absolute Gasteiger partial charge is 0.375 e. The fraction of sp³-hybridized carbons (Fsp3) is 1.00. The molecule has 92 valence electrons. The van der Waals surface area contributed by atoms with E-state index >= 15 is 0 Å². The van der Waals surface area contributed by atoms with Crippen LogP contribution in [0.2, 0.25) is 0 Å². The summed E-state index contributed by atoms with van der Waals surface area (Å²) >= 11 is 0. The maximum atomic E-state index is 5.99. The summed E-state index contributed by atoms with van der Waals surface area (Å²) in [6, 6.07) is 0.731. The Kier molecular flexibility index (Phi) is 2.75. The average Bonchev–Trinajstić information content (AvgIpc) is 2.22. The number of nitrogens with one attached hydrogen (secondary N) is 1. The fourth-order valence-electron chi connectivity index (χ4n) is 3.71. The second-order valence-electron chi connectivity index (χ2n) is 6.21. The standard InChI is InChI=1S/C14H25NO/c1-2-13(6-3-7-13)15-12-5-10-16-14(11-12)8-4-9-14/h12,15H,2-11H2,1H3. The van der Waals surface area contributed by atoms with E-state index in [1.165, 1.54) is 57.8 Å². The molecule has 3 rings (SSSR count). The van der Waals surface area contributed by atoms with Crippen LogP contribution in [0, 0.1) is 0 Å². The van der Waals surface area contributed by atoms with Crippen molar-refractivity contribution in [2.75, 3.05) is 6.61 Å². The first-order valence-electron chi connectivity index (χ1n) is 7.18. The molecule has 1 N–H and O–H groups in total. The minimum atomic E-state index is 0.300. The molecule has 0 radical (unpaired) electrons. The van der Waals surface area contributed by atoms with Gasteiger partial charge >= 0.3 is 0 Å². The Morgan fingerprint density at radius 1 is 1.19 bits per heavy atom. The highest BCUT2D eigenvalue weighted by atomic mass is 16.5. The molecule has 0 amide bonds. The molecule has 2 saturated carbocycles. The van der Waals surface area contributed by atoms with Crippen LogP contribution in [-0.4, -0.2) is 23.8 Å². The first-order chi connectivity index (χ1) is 7.76. The Morgan fingerprint density at radius 3 is 2.44 bits per heavy atom. The van der Waals surface area contributed by atoms with E-state index in [1.807, 2.05) is 0 Å². The van der Waals surface area contributed by atoms with Gasteiger partial charge in [-0.25, -0.2) is 0 Å². The summed E-state index contributed by atoms with van der Waals surface area (Å²) in [5.74, 6) is 0. The van der Waals surface area contributed by atoms with Crippen LogP contribution in [0.25, 0.3) is 0 Å². The van der Waals surface area contributed by atoms with Crippen molar-refractivity contribution in [1.82, 2.24) is 5.32 Å². The summed E-state index contributed by atoms with van der Waals surface area (Å²) in [7, 11) is 0. The maximum absolute atomic E-state index is 5.99. The lowest BCUT2D eigenvalue weighted by Gasteiger charge is -2.51. The van der Waals surface area contributed by atoms with E-state index in [4.69, 9.17) is 4.74 Å². The molecule has 1 unspecified atom stereocenters. The molecule has 2 heteroatoms. The third-order valence-corrected chi connectivity index (χ3v) is 5.26. The van der Waals surface area contributed by atoms with Crippen molar-refractivity contribution in [3.8, 4) is 0 Å². The zero-order chi connectivity index (χ0) is 11.1. The van der Waals surface area contributed by atoms with Crippen LogP contribution in [0.4, 0.5) is 0 Å². The fourth-order valence-corrected chi connectivity index (χ4v) is 3.71. The molecular weight excluding hydrogens is 198 g/mol. The molecule has 3 fully saturated rings. The number of ether oxygens (including phenoxy) is 1. The molecule has 3 aliphatic rings. The van der Waals surface area contributed by atoms with Gasteiger partial charge in [0.1, 0.15) is 0 Å². The molecule has 1 aliphatic heterocycles. The summed E-state index contributed by atoms with van der Waals surface area (Å²) in [6.07, 6.45) is 12.0. The van der Waals surface area contributed by atoms with Crippen LogP contribution in [0.1, 0.15) is 64.7 Å². The zero-order valence-corrected chi connectivity index (χ0v) is 10.6. The van der Waals surface area contributed by atoms with Crippen LogP contribution in [0.3, 0.4) is 0 Å². The van der Waals surface area contributed by atoms with Gasteiger partial charge in [0, 0.05) is 18.2 Å². The Labute approximate surface area is 99.1 Å². The van der Waals surface area contributed by atoms with Gasteiger partial charge in [0.05, 0.1) is 5.60 Å². The van der Waals surface area contributed by atoms with Crippen molar-refractivity contribution >= 4 is 0 Å². The third-order valence-electron chi connectivity index (χ3n) is 5.26. The van der Waals surface area contributed by atoms with Crippen LogP contribution in [0.15, 0.2) is 0 Å². The van der Waals surface area contributed by atoms with Crippen LogP contribution >= 0.6 is 0 Å². The highest BCUT2D eigenvalue weighted by molar-refractivity contribution is 5.01. The molecule has 0 aromatic heterocycles. The molecule has 1 saturated heterocycles. The predicted octanol–water partition coefficient (Wildman–Crippen LogP) is 3.01. The van der Waals surface area contributed by atoms with E-state index in [2.05, 4.69) is 12.2 Å². The van der Waals surface area contributed by atoms with Crippen LogP contribution in [-0.2, 0) is 4.74 Å². The minimum Gasteiger partial charge on any atom is -0.375 e. The Morgan fingerprint density at radius 2 is 1.94 bits per heavy atom.